The Labute approximate surface area is 149 Å². The average Bonchev–Trinajstić information content (AvgIpc) is 2.97. The maximum atomic E-state index is 12.7. The number of nitrogens with zero attached hydrogens (tertiary/aromatic N) is 2. The minimum atomic E-state index is -0.632. The van der Waals surface area contributed by atoms with Gasteiger partial charge in [-0.05, 0) is 43.2 Å². The van der Waals surface area contributed by atoms with E-state index in [0.29, 0.717) is 19.5 Å². The first kappa shape index (κ1) is 16.6. The van der Waals surface area contributed by atoms with E-state index in [0.717, 1.165) is 21.4 Å². The third-order valence-electron chi connectivity index (χ3n) is 4.15. The van der Waals surface area contributed by atoms with Crippen molar-refractivity contribution in [2.75, 3.05) is 11.4 Å². The van der Waals surface area contributed by atoms with Crippen LogP contribution >= 0.6 is 15.9 Å². The SMILES string of the molecule is Cc1ccc(Br)cc1N1CC[C@@H](C(=O)NCc2ccccn2)C1=O. The minimum absolute atomic E-state index is 0.144. The molecule has 2 heterocycles. The van der Waals surface area contributed by atoms with Crippen molar-refractivity contribution in [3.63, 3.8) is 0 Å². The Morgan fingerprint density at radius 3 is 2.96 bits per heavy atom. The second kappa shape index (κ2) is 7.13. The number of nitrogens with one attached hydrogen (secondary N) is 1. The summed E-state index contributed by atoms with van der Waals surface area (Å²) >= 11 is 3.43. The molecule has 1 aromatic carbocycles. The number of carbonyl (C=O) groups is 2. The van der Waals surface area contributed by atoms with E-state index >= 15 is 0 Å². The Balaban J connectivity index is 1.67. The molecule has 24 heavy (non-hydrogen) atoms. The fourth-order valence-electron chi connectivity index (χ4n) is 2.84. The highest BCUT2D eigenvalue weighted by Gasteiger charge is 2.37. The number of carbonyl (C=O) groups excluding carboxylic acids is 2. The summed E-state index contributed by atoms with van der Waals surface area (Å²) in [6.07, 6.45) is 2.21. The molecule has 3 rings (SSSR count). The summed E-state index contributed by atoms with van der Waals surface area (Å²) in [4.78, 5) is 30.9. The van der Waals surface area contributed by atoms with Crippen LogP contribution in [0.25, 0.3) is 0 Å². The molecule has 0 spiro atoms. The first-order valence-corrected chi connectivity index (χ1v) is 8.60. The van der Waals surface area contributed by atoms with Gasteiger partial charge in [0.05, 0.1) is 12.2 Å². The number of amides is 2. The van der Waals surface area contributed by atoms with Gasteiger partial charge in [0.2, 0.25) is 11.8 Å². The zero-order valence-corrected chi connectivity index (χ0v) is 14.9. The van der Waals surface area contributed by atoms with E-state index < -0.39 is 5.92 Å². The van der Waals surface area contributed by atoms with E-state index in [1.165, 1.54) is 0 Å². The normalized spacial score (nSPS) is 17.2. The van der Waals surface area contributed by atoms with Crippen LogP contribution in [0, 0.1) is 12.8 Å². The van der Waals surface area contributed by atoms with Gasteiger partial charge in [0.1, 0.15) is 5.92 Å². The predicted octanol–water partition coefficient (Wildman–Crippen LogP) is 2.82. The topological polar surface area (TPSA) is 62.3 Å². The first-order chi connectivity index (χ1) is 11.6. The number of aromatic nitrogens is 1. The molecule has 1 saturated heterocycles. The number of anilines is 1. The molecule has 5 nitrogen and oxygen atoms in total. The second-order valence-corrected chi connectivity index (χ2v) is 6.72. The number of hydrogen-bond donors (Lipinski definition) is 1. The maximum Gasteiger partial charge on any atom is 0.239 e. The van der Waals surface area contributed by atoms with Crippen LogP contribution in [0.1, 0.15) is 17.7 Å². The smallest absolute Gasteiger partial charge is 0.239 e. The van der Waals surface area contributed by atoms with E-state index in [4.69, 9.17) is 0 Å². The summed E-state index contributed by atoms with van der Waals surface area (Å²) < 4.78 is 0.916. The van der Waals surface area contributed by atoms with E-state index in [1.54, 1.807) is 11.1 Å². The van der Waals surface area contributed by atoms with Crippen molar-refractivity contribution in [3.05, 3.63) is 58.3 Å². The molecule has 1 aliphatic rings. The molecule has 0 aliphatic carbocycles. The van der Waals surface area contributed by atoms with Gasteiger partial charge in [0.25, 0.3) is 0 Å². The fraction of sp³-hybridized carbons (Fsp3) is 0.278. The quantitative estimate of drug-likeness (QED) is 0.820. The summed E-state index contributed by atoms with van der Waals surface area (Å²) in [5.41, 5.74) is 2.64. The van der Waals surface area contributed by atoms with Crippen LogP contribution in [-0.2, 0) is 16.1 Å². The van der Waals surface area contributed by atoms with Gasteiger partial charge in [-0.3, -0.25) is 14.6 Å². The molecule has 0 radical (unpaired) electrons. The van der Waals surface area contributed by atoms with Crippen LogP contribution in [0.4, 0.5) is 5.69 Å². The molecule has 6 heteroatoms. The van der Waals surface area contributed by atoms with Gasteiger partial charge in [-0.1, -0.05) is 28.1 Å². The molecule has 0 saturated carbocycles. The Bertz CT molecular complexity index is 764. The molecule has 1 N–H and O–H groups in total. The van der Waals surface area contributed by atoms with Crippen molar-refractivity contribution in [2.45, 2.75) is 19.9 Å². The largest absolute Gasteiger partial charge is 0.350 e. The summed E-state index contributed by atoms with van der Waals surface area (Å²) in [6, 6.07) is 11.4. The standard InChI is InChI=1S/C18H18BrN3O2/c1-12-5-6-13(19)10-16(12)22-9-7-15(18(22)24)17(23)21-11-14-4-2-3-8-20-14/h2-6,8,10,15H,7,9,11H2,1H3,(H,21,23)/t15-/m0/s1. The van der Waals surface area contributed by atoms with Crippen LogP contribution in [0.5, 0.6) is 0 Å². The van der Waals surface area contributed by atoms with Crippen molar-refractivity contribution in [1.82, 2.24) is 10.3 Å². The third kappa shape index (κ3) is 3.48. The molecule has 1 aromatic heterocycles. The second-order valence-electron chi connectivity index (χ2n) is 5.80. The molecule has 124 valence electrons. The van der Waals surface area contributed by atoms with Crippen molar-refractivity contribution >= 4 is 33.4 Å². The number of pyridine rings is 1. The van der Waals surface area contributed by atoms with Crippen LogP contribution in [-0.4, -0.2) is 23.3 Å². The average molecular weight is 388 g/mol. The molecule has 2 aromatic rings. The van der Waals surface area contributed by atoms with Crippen molar-refractivity contribution in [3.8, 4) is 0 Å². The van der Waals surface area contributed by atoms with E-state index in [-0.39, 0.29) is 11.8 Å². The lowest BCUT2D eigenvalue weighted by Gasteiger charge is -2.19. The van der Waals surface area contributed by atoms with Gasteiger partial charge >= 0.3 is 0 Å². The highest BCUT2D eigenvalue weighted by atomic mass is 79.9. The van der Waals surface area contributed by atoms with Gasteiger partial charge < -0.3 is 10.2 Å². The van der Waals surface area contributed by atoms with Crippen LogP contribution in [0.3, 0.4) is 0 Å². The van der Waals surface area contributed by atoms with E-state index in [9.17, 15) is 9.59 Å². The Morgan fingerprint density at radius 1 is 1.38 bits per heavy atom. The molecular weight excluding hydrogens is 370 g/mol. The number of hydrogen-bond acceptors (Lipinski definition) is 3. The fourth-order valence-corrected chi connectivity index (χ4v) is 3.19. The third-order valence-corrected chi connectivity index (χ3v) is 4.65. The van der Waals surface area contributed by atoms with Crippen molar-refractivity contribution in [2.24, 2.45) is 5.92 Å². The number of rotatable bonds is 4. The molecule has 2 amide bonds. The number of halogens is 1. The molecule has 1 aliphatic heterocycles. The summed E-state index contributed by atoms with van der Waals surface area (Å²) in [5.74, 6) is -1.01. The Kier molecular flexibility index (Phi) is 4.94. The lowest BCUT2D eigenvalue weighted by atomic mass is 10.1. The molecular formula is C18H18BrN3O2. The zero-order chi connectivity index (χ0) is 17.1. The van der Waals surface area contributed by atoms with Gasteiger partial charge in [-0.15, -0.1) is 0 Å². The van der Waals surface area contributed by atoms with Gasteiger partial charge in [0, 0.05) is 22.9 Å². The monoisotopic (exact) mass is 387 g/mol. The number of aryl methyl sites for hydroxylation is 1. The minimum Gasteiger partial charge on any atom is -0.350 e. The molecule has 0 unspecified atom stereocenters. The van der Waals surface area contributed by atoms with Crippen LogP contribution in [0.15, 0.2) is 47.1 Å². The predicted molar refractivity (Wildman–Crippen MR) is 95.4 cm³/mol. The summed E-state index contributed by atoms with van der Waals surface area (Å²) in [5, 5.41) is 2.81. The van der Waals surface area contributed by atoms with E-state index in [1.807, 2.05) is 43.3 Å². The zero-order valence-electron chi connectivity index (χ0n) is 13.3. The lowest BCUT2D eigenvalue weighted by molar-refractivity contribution is -0.132. The first-order valence-electron chi connectivity index (χ1n) is 7.81. The van der Waals surface area contributed by atoms with Gasteiger partial charge in [-0.2, -0.15) is 0 Å². The number of benzene rings is 1. The van der Waals surface area contributed by atoms with Crippen molar-refractivity contribution < 1.29 is 9.59 Å². The van der Waals surface area contributed by atoms with Gasteiger partial charge in [0.15, 0.2) is 0 Å². The highest BCUT2D eigenvalue weighted by Crippen LogP contribution is 2.30. The highest BCUT2D eigenvalue weighted by molar-refractivity contribution is 9.10. The molecule has 1 fully saturated rings. The molecule has 1 atom stereocenters. The van der Waals surface area contributed by atoms with Gasteiger partial charge in [-0.25, -0.2) is 0 Å². The summed E-state index contributed by atoms with van der Waals surface area (Å²) in [7, 11) is 0. The Hall–Kier alpha value is -2.21. The lowest BCUT2D eigenvalue weighted by Crippen LogP contribution is -2.36. The summed E-state index contributed by atoms with van der Waals surface area (Å²) in [6.45, 7) is 2.85. The molecule has 0 bridgehead atoms. The maximum absolute atomic E-state index is 12.7. The van der Waals surface area contributed by atoms with Crippen LogP contribution < -0.4 is 10.2 Å². The van der Waals surface area contributed by atoms with Crippen molar-refractivity contribution in [1.29, 1.82) is 0 Å². The van der Waals surface area contributed by atoms with E-state index in [2.05, 4.69) is 26.2 Å². The van der Waals surface area contributed by atoms with Crippen LogP contribution in [0.2, 0.25) is 0 Å². The Morgan fingerprint density at radius 2 is 2.21 bits per heavy atom.